The molecule has 0 aliphatic rings. The Kier molecular flexibility index (Phi) is 2.24. The number of phosphoric ester groups is 1. The molecule has 0 aliphatic carbocycles. The number of nitrogens with zero attached hydrogens (tertiary/aromatic N) is 1. The summed E-state index contributed by atoms with van der Waals surface area (Å²) in [5, 5.41) is 0. The third-order valence-electron chi connectivity index (χ3n) is 0.859. The Balaban J connectivity index is 2.74. The highest BCUT2D eigenvalue weighted by Gasteiger charge is 2.14. The number of pyridine rings is 1. The molecule has 5 nitrogen and oxygen atoms in total. The number of aromatic nitrogens is 1. The van der Waals surface area contributed by atoms with Crippen LogP contribution in [0.25, 0.3) is 0 Å². The molecule has 6 heteroatoms. The van der Waals surface area contributed by atoms with E-state index in [1.165, 1.54) is 24.5 Å². The molecule has 1 rings (SSSR count). The van der Waals surface area contributed by atoms with Crippen LogP contribution in [-0.4, -0.2) is 14.8 Å². The number of hydrogen-bond acceptors (Lipinski definition) is 3. The molecule has 0 bridgehead atoms. The van der Waals surface area contributed by atoms with Crippen molar-refractivity contribution in [3.8, 4) is 5.75 Å². The average molecular weight is 175 g/mol. The average Bonchev–Trinajstić information content (AvgIpc) is 1.85. The van der Waals surface area contributed by atoms with Crippen LogP contribution >= 0.6 is 7.82 Å². The van der Waals surface area contributed by atoms with Gasteiger partial charge in [-0.25, -0.2) is 4.57 Å². The topological polar surface area (TPSA) is 79.7 Å². The minimum atomic E-state index is -4.43. The fraction of sp³-hybridized carbons (Fsp3) is 0. The predicted octanol–water partition coefficient (Wildman–Crippen LogP) is 0.553. The van der Waals surface area contributed by atoms with E-state index in [1.54, 1.807) is 0 Å². The molecular weight excluding hydrogens is 169 g/mol. The lowest BCUT2D eigenvalue weighted by atomic mass is 10.5. The summed E-state index contributed by atoms with van der Waals surface area (Å²) in [5.74, 6) is 0.0563. The maximum absolute atomic E-state index is 10.2. The van der Waals surface area contributed by atoms with Crippen LogP contribution in [0, 0.1) is 0 Å². The van der Waals surface area contributed by atoms with Crippen LogP contribution in [0.2, 0.25) is 0 Å². The van der Waals surface area contributed by atoms with Gasteiger partial charge in [0.05, 0.1) is 6.20 Å². The molecule has 0 unspecified atom stereocenters. The highest BCUT2D eigenvalue weighted by Crippen LogP contribution is 2.36. The summed E-state index contributed by atoms with van der Waals surface area (Å²) in [6.45, 7) is 0. The van der Waals surface area contributed by atoms with Crippen LogP contribution in [0.15, 0.2) is 24.5 Å². The fourth-order valence-electron chi connectivity index (χ4n) is 0.538. The maximum atomic E-state index is 10.2. The third-order valence-corrected chi connectivity index (χ3v) is 1.31. The van der Waals surface area contributed by atoms with E-state index >= 15 is 0 Å². The summed E-state index contributed by atoms with van der Waals surface area (Å²) in [7, 11) is -4.43. The second-order valence-corrected chi connectivity index (χ2v) is 2.93. The van der Waals surface area contributed by atoms with Gasteiger partial charge in [0.15, 0.2) is 0 Å². The van der Waals surface area contributed by atoms with Gasteiger partial charge in [0.1, 0.15) is 5.75 Å². The second-order valence-electron chi connectivity index (χ2n) is 1.77. The van der Waals surface area contributed by atoms with Crippen molar-refractivity contribution in [1.29, 1.82) is 0 Å². The van der Waals surface area contributed by atoms with Crippen LogP contribution in [0.4, 0.5) is 0 Å². The van der Waals surface area contributed by atoms with Gasteiger partial charge in [0.25, 0.3) is 0 Å². The van der Waals surface area contributed by atoms with E-state index in [0.29, 0.717) is 0 Å². The minimum Gasteiger partial charge on any atom is -0.403 e. The van der Waals surface area contributed by atoms with Crippen molar-refractivity contribution in [2.45, 2.75) is 0 Å². The molecule has 1 aromatic rings. The van der Waals surface area contributed by atoms with Gasteiger partial charge in [0.2, 0.25) is 0 Å². The summed E-state index contributed by atoms with van der Waals surface area (Å²) in [6.07, 6.45) is 2.70. The molecule has 11 heavy (non-hydrogen) atoms. The first-order valence-corrected chi connectivity index (χ1v) is 4.26. The first-order chi connectivity index (χ1) is 5.08. The van der Waals surface area contributed by atoms with Crippen molar-refractivity contribution in [1.82, 2.24) is 4.98 Å². The lowest BCUT2D eigenvalue weighted by Crippen LogP contribution is -1.89. The van der Waals surface area contributed by atoms with Crippen molar-refractivity contribution < 1.29 is 18.9 Å². The molecule has 2 N–H and O–H groups in total. The van der Waals surface area contributed by atoms with E-state index in [4.69, 9.17) is 9.79 Å². The summed E-state index contributed by atoms with van der Waals surface area (Å²) in [5.41, 5.74) is 0. The molecule has 1 aromatic heterocycles. The largest absolute Gasteiger partial charge is 0.524 e. The van der Waals surface area contributed by atoms with E-state index in [1.807, 2.05) is 0 Å². The molecule has 1 heterocycles. The van der Waals surface area contributed by atoms with Crippen LogP contribution in [0.3, 0.4) is 0 Å². The summed E-state index contributed by atoms with van der Waals surface area (Å²) in [4.78, 5) is 20.3. The second kappa shape index (κ2) is 3.00. The molecule has 0 radical (unpaired) electrons. The van der Waals surface area contributed by atoms with Gasteiger partial charge in [-0.1, -0.05) is 0 Å². The molecule has 0 fully saturated rings. The number of rotatable bonds is 2. The fourth-order valence-corrected chi connectivity index (χ4v) is 0.921. The van der Waals surface area contributed by atoms with Gasteiger partial charge in [-0.3, -0.25) is 14.8 Å². The van der Waals surface area contributed by atoms with Crippen molar-refractivity contribution >= 4 is 7.82 Å². The molecule has 0 amide bonds. The number of phosphoric acid groups is 1. The van der Waals surface area contributed by atoms with Gasteiger partial charge in [-0.15, -0.1) is 0 Å². The maximum Gasteiger partial charge on any atom is 0.524 e. The molecular formula is C5H6NO4P. The van der Waals surface area contributed by atoms with E-state index in [-0.39, 0.29) is 5.75 Å². The molecule has 0 saturated heterocycles. The van der Waals surface area contributed by atoms with E-state index in [9.17, 15) is 4.57 Å². The molecule has 0 spiro atoms. The highest BCUT2D eigenvalue weighted by molar-refractivity contribution is 7.46. The zero-order chi connectivity index (χ0) is 8.32. The first-order valence-electron chi connectivity index (χ1n) is 2.73. The smallest absolute Gasteiger partial charge is 0.403 e. The molecule has 60 valence electrons. The van der Waals surface area contributed by atoms with Crippen molar-refractivity contribution in [3.05, 3.63) is 24.5 Å². The molecule has 0 aliphatic heterocycles. The van der Waals surface area contributed by atoms with Crippen molar-refractivity contribution in [3.63, 3.8) is 0 Å². The van der Waals surface area contributed by atoms with Gasteiger partial charge in [-0.2, -0.15) is 0 Å². The van der Waals surface area contributed by atoms with Crippen molar-refractivity contribution in [2.24, 2.45) is 0 Å². The summed E-state index contributed by atoms with van der Waals surface area (Å²) >= 11 is 0. The quantitative estimate of drug-likeness (QED) is 0.641. The van der Waals surface area contributed by atoms with Gasteiger partial charge in [0, 0.05) is 6.20 Å². The Bertz CT molecular complexity index is 269. The Morgan fingerprint density at radius 1 is 1.55 bits per heavy atom. The zero-order valence-electron chi connectivity index (χ0n) is 5.41. The van der Waals surface area contributed by atoms with Crippen LogP contribution in [-0.2, 0) is 4.57 Å². The number of hydrogen-bond donors (Lipinski definition) is 2. The summed E-state index contributed by atoms with van der Waals surface area (Å²) < 4.78 is 14.5. The van der Waals surface area contributed by atoms with Crippen LogP contribution < -0.4 is 4.52 Å². The molecule has 0 atom stereocenters. The molecule has 0 aromatic carbocycles. The van der Waals surface area contributed by atoms with Gasteiger partial charge < -0.3 is 4.52 Å². The van der Waals surface area contributed by atoms with Crippen molar-refractivity contribution in [2.75, 3.05) is 0 Å². The Hall–Kier alpha value is -0.900. The lowest BCUT2D eigenvalue weighted by molar-refractivity contribution is 0.283. The standard InChI is InChI=1S/C5H6NO4P/c7-11(8,9)10-5-2-1-3-6-4-5/h1-4H,(H2,7,8,9). The normalized spacial score (nSPS) is 11.1. The van der Waals surface area contributed by atoms with E-state index < -0.39 is 7.82 Å². The third kappa shape index (κ3) is 3.13. The first kappa shape index (κ1) is 8.20. The Labute approximate surface area is 62.9 Å². The predicted molar refractivity (Wildman–Crippen MR) is 36.9 cm³/mol. The van der Waals surface area contributed by atoms with Crippen LogP contribution in [0.1, 0.15) is 0 Å². The zero-order valence-corrected chi connectivity index (χ0v) is 6.31. The van der Waals surface area contributed by atoms with Crippen LogP contribution in [0.5, 0.6) is 5.75 Å². The van der Waals surface area contributed by atoms with E-state index in [0.717, 1.165) is 0 Å². The van der Waals surface area contributed by atoms with Gasteiger partial charge >= 0.3 is 7.82 Å². The van der Waals surface area contributed by atoms with Gasteiger partial charge in [-0.05, 0) is 12.1 Å². The minimum absolute atomic E-state index is 0.0563. The molecule has 0 saturated carbocycles. The highest BCUT2D eigenvalue weighted by atomic mass is 31.2. The summed E-state index contributed by atoms with van der Waals surface area (Å²) in [6, 6.07) is 2.93. The SMILES string of the molecule is O=P(O)(O)Oc1cccnc1. The monoisotopic (exact) mass is 175 g/mol. The Morgan fingerprint density at radius 2 is 2.27 bits per heavy atom. The Morgan fingerprint density at radius 3 is 2.73 bits per heavy atom. The van der Waals surface area contributed by atoms with E-state index in [2.05, 4.69) is 9.51 Å². The lowest BCUT2D eigenvalue weighted by Gasteiger charge is -2.04.